The molecule has 0 aliphatic carbocycles. The standard InChI is InChI=1S/C21H18BrN3O3S/c1-27-18-8-13(11-23)6-7-17(18)28-20-21(19(24)26,10-15(22)12-25-20)14-4-3-5-16(9-14)29-2/h3-10,12,20H,1-2H3,(H2,24,26). The summed E-state index contributed by atoms with van der Waals surface area (Å²) in [6, 6.07) is 14.4. The van der Waals surface area contributed by atoms with Crippen molar-refractivity contribution in [2.75, 3.05) is 13.4 Å². The van der Waals surface area contributed by atoms with Crippen LogP contribution in [-0.2, 0) is 10.2 Å². The number of halogens is 1. The zero-order chi connectivity index (χ0) is 21.0. The van der Waals surface area contributed by atoms with Gasteiger partial charge < -0.3 is 15.2 Å². The molecule has 0 radical (unpaired) electrons. The van der Waals surface area contributed by atoms with Crippen LogP contribution in [0.15, 0.2) is 62.9 Å². The molecule has 0 saturated heterocycles. The lowest BCUT2D eigenvalue weighted by Gasteiger charge is -2.36. The van der Waals surface area contributed by atoms with Gasteiger partial charge in [-0.2, -0.15) is 5.26 Å². The predicted octanol–water partition coefficient (Wildman–Crippen LogP) is 3.78. The first kappa shape index (κ1) is 21.0. The van der Waals surface area contributed by atoms with Gasteiger partial charge in [0.15, 0.2) is 16.9 Å². The highest BCUT2D eigenvalue weighted by molar-refractivity contribution is 9.12. The molecule has 0 fully saturated rings. The number of dihydropyridines is 1. The molecule has 1 heterocycles. The Morgan fingerprint density at radius 3 is 2.76 bits per heavy atom. The van der Waals surface area contributed by atoms with Crippen molar-refractivity contribution in [2.24, 2.45) is 10.7 Å². The highest BCUT2D eigenvalue weighted by atomic mass is 79.9. The molecule has 0 spiro atoms. The minimum Gasteiger partial charge on any atom is -0.493 e. The lowest BCUT2D eigenvalue weighted by atomic mass is 9.76. The maximum absolute atomic E-state index is 12.8. The number of carbonyl (C=O) groups is 1. The van der Waals surface area contributed by atoms with Crippen LogP contribution in [0.2, 0.25) is 0 Å². The zero-order valence-corrected chi connectivity index (χ0v) is 18.2. The Balaban J connectivity index is 2.12. The van der Waals surface area contributed by atoms with E-state index < -0.39 is 17.6 Å². The number of hydrogen-bond donors (Lipinski definition) is 1. The van der Waals surface area contributed by atoms with Gasteiger partial charge in [-0.1, -0.05) is 12.1 Å². The fourth-order valence-electron chi connectivity index (χ4n) is 3.10. The Morgan fingerprint density at radius 1 is 1.31 bits per heavy atom. The monoisotopic (exact) mass is 471 g/mol. The molecule has 3 rings (SSSR count). The number of aliphatic imine (C=N–C) groups is 1. The van der Waals surface area contributed by atoms with Crippen molar-refractivity contribution in [3.05, 3.63) is 64.1 Å². The molecule has 8 heteroatoms. The molecule has 2 aromatic carbocycles. The lowest BCUT2D eigenvalue weighted by molar-refractivity contribution is -0.124. The van der Waals surface area contributed by atoms with Crippen molar-refractivity contribution in [1.29, 1.82) is 5.26 Å². The van der Waals surface area contributed by atoms with Crippen LogP contribution in [0.5, 0.6) is 11.5 Å². The summed E-state index contributed by atoms with van der Waals surface area (Å²) in [7, 11) is 1.48. The van der Waals surface area contributed by atoms with E-state index in [2.05, 4.69) is 27.0 Å². The number of rotatable bonds is 6. The molecule has 1 aliphatic heterocycles. The zero-order valence-electron chi connectivity index (χ0n) is 15.8. The molecule has 6 nitrogen and oxygen atoms in total. The van der Waals surface area contributed by atoms with E-state index in [-0.39, 0.29) is 0 Å². The summed E-state index contributed by atoms with van der Waals surface area (Å²) in [5.41, 5.74) is 5.67. The SMILES string of the molecule is COc1cc(C#N)ccc1OC1N=CC(Br)=CC1(C(N)=O)c1cccc(SC)c1. The van der Waals surface area contributed by atoms with E-state index in [1.165, 1.54) is 7.11 Å². The van der Waals surface area contributed by atoms with E-state index in [0.717, 1.165) is 4.90 Å². The van der Waals surface area contributed by atoms with Crippen molar-refractivity contribution >= 4 is 39.8 Å². The number of benzene rings is 2. The van der Waals surface area contributed by atoms with Gasteiger partial charge in [-0.15, -0.1) is 11.8 Å². The van der Waals surface area contributed by atoms with Gasteiger partial charge in [0.1, 0.15) is 0 Å². The van der Waals surface area contributed by atoms with Crippen LogP contribution in [0.4, 0.5) is 0 Å². The van der Waals surface area contributed by atoms with E-state index in [4.69, 9.17) is 20.5 Å². The molecular formula is C21H18BrN3O3S. The summed E-state index contributed by atoms with van der Waals surface area (Å²) in [6.45, 7) is 0. The van der Waals surface area contributed by atoms with Gasteiger partial charge in [0.25, 0.3) is 0 Å². The first-order valence-corrected chi connectivity index (χ1v) is 10.6. The maximum Gasteiger partial charge on any atom is 0.237 e. The summed E-state index contributed by atoms with van der Waals surface area (Å²) in [6.07, 6.45) is 4.28. The van der Waals surface area contributed by atoms with Crippen LogP contribution in [0.3, 0.4) is 0 Å². The number of amides is 1. The highest BCUT2D eigenvalue weighted by Gasteiger charge is 2.48. The van der Waals surface area contributed by atoms with E-state index >= 15 is 0 Å². The normalized spacial score (nSPS) is 20.5. The Morgan fingerprint density at radius 2 is 2.10 bits per heavy atom. The fourth-order valence-corrected chi connectivity index (χ4v) is 4.04. The molecule has 2 atom stereocenters. The van der Waals surface area contributed by atoms with E-state index in [0.29, 0.717) is 27.1 Å². The number of ether oxygens (including phenoxy) is 2. The smallest absolute Gasteiger partial charge is 0.237 e. The Labute approximate surface area is 181 Å². The quantitative estimate of drug-likeness (QED) is 0.646. The molecule has 1 amide bonds. The average molecular weight is 472 g/mol. The van der Waals surface area contributed by atoms with Crippen LogP contribution in [-0.4, -0.2) is 31.7 Å². The van der Waals surface area contributed by atoms with Crippen molar-refractivity contribution < 1.29 is 14.3 Å². The van der Waals surface area contributed by atoms with E-state index in [9.17, 15) is 4.79 Å². The molecule has 2 N–H and O–H groups in total. The van der Waals surface area contributed by atoms with Crippen LogP contribution in [0.1, 0.15) is 11.1 Å². The second-order valence-electron chi connectivity index (χ2n) is 6.22. The average Bonchev–Trinajstić information content (AvgIpc) is 2.74. The Hall–Kier alpha value is -2.76. The molecule has 0 bridgehead atoms. The summed E-state index contributed by atoms with van der Waals surface area (Å²) in [5, 5.41) is 9.11. The van der Waals surface area contributed by atoms with Crippen LogP contribution in [0, 0.1) is 11.3 Å². The first-order valence-electron chi connectivity index (χ1n) is 8.55. The summed E-state index contributed by atoms with van der Waals surface area (Å²) < 4.78 is 12.1. The lowest BCUT2D eigenvalue weighted by Crippen LogP contribution is -2.52. The van der Waals surface area contributed by atoms with Crippen LogP contribution in [0.25, 0.3) is 0 Å². The number of nitrogens with two attached hydrogens (primary N) is 1. The Kier molecular flexibility index (Phi) is 6.30. The largest absolute Gasteiger partial charge is 0.493 e. The van der Waals surface area contributed by atoms with Crippen LogP contribution >= 0.6 is 27.7 Å². The minimum absolute atomic E-state index is 0.353. The van der Waals surface area contributed by atoms with Gasteiger partial charge >= 0.3 is 0 Å². The molecule has 2 unspecified atom stereocenters. The number of allylic oxidation sites excluding steroid dienone is 1. The van der Waals surface area contributed by atoms with Crippen molar-refractivity contribution in [2.45, 2.75) is 16.5 Å². The topological polar surface area (TPSA) is 97.7 Å². The summed E-state index contributed by atoms with van der Waals surface area (Å²) in [5.74, 6) is 0.123. The van der Waals surface area contributed by atoms with Crippen LogP contribution < -0.4 is 15.2 Å². The molecule has 1 aliphatic rings. The fraction of sp³-hybridized carbons (Fsp3) is 0.190. The molecule has 29 heavy (non-hydrogen) atoms. The predicted molar refractivity (Wildman–Crippen MR) is 117 cm³/mol. The summed E-state index contributed by atoms with van der Waals surface area (Å²) >= 11 is 4.97. The van der Waals surface area contributed by atoms with Gasteiger partial charge in [-0.3, -0.25) is 4.79 Å². The minimum atomic E-state index is -1.34. The third-order valence-electron chi connectivity index (χ3n) is 4.57. The van der Waals surface area contributed by atoms with Crippen molar-refractivity contribution in [3.63, 3.8) is 0 Å². The number of thioether (sulfide) groups is 1. The molecular weight excluding hydrogens is 454 g/mol. The van der Waals surface area contributed by atoms with Crippen molar-refractivity contribution in [3.8, 4) is 17.6 Å². The van der Waals surface area contributed by atoms with E-state index in [1.54, 1.807) is 42.3 Å². The summed E-state index contributed by atoms with van der Waals surface area (Å²) in [4.78, 5) is 18.2. The van der Waals surface area contributed by atoms with Gasteiger partial charge in [0, 0.05) is 21.7 Å². The number of methoxy groups -OCH3 is 1. The van der Waals surface area contributed by atoms with Gasteiger partial charge in [0.2, 0.25) is 12.1 Å². The molecule has 0 aromatic heterocycles. The number of carbonyl (C=O) groups excluding carboxylic acids is 1. The number of nitriles is 1. The van der Waals surface area contributed by atoms with Gasteiger partial charge in [-0.05, 0) is 58.1 Å². The number of hydrogen-bond acceptors (Lipinski definition) is 6. The highest BCUT2D eigenvalue weighted by Crippen LogP contribution is 2.40. The third-order valence-corrected chi connectivity index (χ3v) is 5.73. The molecule has 148 valence electrons. The Bertz CT molecular complexity index is 1050. The maximum atomic E-state index is 12.8. The molecule has 0 saturated carbocycles. The third kappa shape index (κ3) is 4.02. The molecule has 2 aromatic rings. The number of primary amides is 1. The van der Waals surface area contributed by atoms with Crippen molar-refractivity contribution in [1.82, 2.24) is 0 Å². The van der Waals surface area contributed by atoms with Gasteiger partial charge in [-0.25, -0.2) is 4.99 Å². The van der Waals surface area contributed by atoms with Gasteiger partial charge in [0.05, 0.1) is 18.7 Å². The number of nitrogens with zero attached hydrogens (tertiary/aromatic N) is 2. The second-order valence-corrected chi connectivity index (χ2v) is 8.02. The van der Waals surface area contributed by atoms with E-state index in [1.807, 2.05) is 30.5 Å². The first-order chi connectivity index (χ1) is 13.9. The second kappa shape index (κ2) is 8.72.